The lowest BCUT2D eigenvalue weighted by molar-refractivity contribution is 0.148. The number of piperidine rings is 1. The highest BCUT2D eigenvalue weighted by Gasteiger charge is 2.32. The number of benzene rings is 1. The van der Waals surface area contributed by atoms with Crippen LogP contribution in [0.5, 0.6) is 11.5 Å². The van der Waals surface area contributed by atoms with Gasteiger partial charge in [-0.1, -0.05) is 0 Å². The zero-order chi connectivity index (χ0) is 19.4. The Morgan fingerprint density at radius 2 is 2.15 bits per heavy atom. The summed E-state index contributed by atoms with van der Waals surface area (Å²) in [4.78, 5) is 6.59. The summed E-state index contributed by atoms with van der Waals surface area (Å²) >= 11 is 0. The molecule has 0 spiro atoms. The summed E-state index contributed by atoms with van der Waals surface area (Å²) in [5.74, 6) is 1.72. The standard InChI is InChI=1S/C20H31N5O2/c1-14-10-19(22-2)24-20(21,23-14)16-7-8-17(26-4)18(11-16)27-13-15-6-5-9-25(3)12-15/h7-8,10-11,15,23H,5-6,9,12-13,21H2,1-4H3,(H,22,24). The second-order valence-corrected chi connectivity index (χ2v) is 7.44. The molecule has 4 N–H and O–H groups in total. The minimum atomic E-state index is -0.955. The number of aliphatic imine (C=N–C) groups is 1. The van der Waals surface area contributed by atoms with E-state index in [2.05, 4.69) is 27.6 Å². The molecule has 2 atom stereocenters. The number of nitrogens with two attached hydrogens (primary N) is 1. The number of hydrogen-bond donors (Lipinski definition) is 3. The molecule has 2 aliphatic rings. The normalized spacial score (nSPS) is 27.5. The lowest BCUT2D eigenvalue weighted by Crippen LogP contribution is -2.64. The van der Waals surface area contributed by atoms with Gasteiger partial charge in [0.15, 0.2) is 17.3 Å². The fourth-order valence-corrected chi connectivity index (χ4v) is 3.74. The van der Waals surface area contributed by atoms with Crippen molar-refractivity contribution in [1.29, 1.82) is 0 Å². The van der Waals surface area contributed by atoms with Crippen molar-refractivity contribution in [3.05, 3.63) is 35.5 Å². The number of nitrogens with zero attached hydrogens (tertiary/aromatic N) is 2. The number of hydrogen-bond acceptors (Lipinski definition) is 6. The van der Waals surface area contributed by atoms with Crippen molar-refractivity contribution in [2.45, 2.75) is 25.6 Å². The monoisotopic (exact) mass is 373 g/mol. The summed E-state index contributed by atoms with van der Waals surface area (Å²) in [7, 11) is 5.55. The van der Waals surface area contributed by atoms with Crippen LogP contribution >= 0.6 is 0 Å². The summed E-state index contributed by atoms with van der Waals surface area (Å²) in [6.45, 7) is 4.86. The predicted molar refractivity (Wildman–Crippen MR) is 108 cm³/mol. The molecule has 0 aromatic heterocycles. The molecule has 7 heteroatoms. The van der Waals surface area contributed by atoms with Crippen molar-refractivity contribution in [3.8, 4) is 11.5 Å². The van der Waals surface area contributed by atoms with E-state index >= 15 is 0 Å². The molecule has 0 aliphatic carbocycles. The Kier molecular flexibility index (Phi) is 5.92. The maximum absolute atomic E-state index is 6.61. The first-order valence-corrected chi connectivity index (χ1v) is 9.43. The molecule has 27 heavy (non-hydrogen) atoms. The van der Waals surface area contributed by atoms with Crippen molar-refractivity contribution in [2.75, 3.05) is 40.9 Å². The van der Waals surface area contributed by atoms with Crippen molar-refractivity contribution < 1.29 is 9.47 Å². The van der Waals surface area contributed by atoms with Crippen molar-refractivity contribution >= 4 is 5.84 Å². The number of amidine groups is 1. The van der Waals surface area contributed by atoms with Crippen LogP contribution in [-0.4, -0.2) is 51.6 Å². The fourth-order valence-electron chi connectivity index (χ4n) is 3.74. The Hall–Kier alpha value is -2.25. The highest BCUT2D eigenvalue weighted by molar-refractivity contribution is 5.94. The molecular formula is C20H31N5O2. The molecule has 0 amide bonds. The highest BCUT2D eigenvalue weighted by Crippen LogP contribution is 2.32. The van der Waals surface area contributed by atoms with Crippen molar-refractivity contribution in [2.24, 2.45) is 16.6 Å². The number of methoxy groups -OCH3 is 1. The second-order valence-electron chi connectivity index (χ2n) is 7.44. The van der Waals surface area contributed by atoms with E-state index in [4.69, 9.17) is 15.2 Å². The molecule has 1 fully saturated rings. The molecular weight excluding hydrogens is 342 g/mol. The lowest BCUT2D eigenvalue weighted by Gasteiger charge is -2.37. The van der Waals surface area contributed by atoms with E-state index in [1.807, 2.05) is 31.2 Å². The zero-order valence-electron chi connectivity index (χ0n) is 16.7. The molecule has 0 bridgehead atoms. The fraction of sp³-hybridized carbons (Fsp3) is 0.550. The van der Waals surface area contributed by atoms with Gasteiger partial charge in [0.25, 0.3) is 0 Å². The maximum atomic E-state index is 6.61. The average Bonchev–Trinajstić information content (AvgIpc) is 2.65. The van der Waals surface area contributed by atoms with E-state index in [-0.39, 0.29) is 0 Å². The number of rotatable bonds is 5. The highest BCUT2D eigenvalue weighted by atomic mass is 16.5. The van der Waals surface area contributed by atoms with Gasteiger partial charge in [-0.15, -0.1) is 0 Å². The topological polar surface area (TPSA) is 84.1 Å². The first-order valence-electron chi connectivity index (χ1n) is 9.43. The maximum Gasteiger partial charge on any atom is 0.190 e. The van der Waals surface area contributed by atoms with E-state index in [0.29, 0.717) is 24.0 Å². The Morgan fingerprint density at radius 3 is 2.85 bits per heavy atom. The van der Waals surface area contributed by atoms with Gasteiger partial charge in [0, 0.05) is 30.8 Å². The summed E-state index contributed by atoms with van der Waals surface area (Å²) < 4.78 is 11.7. The molecule has 1 saturated heterocycles. The molecule has 148 valence electrons. The third-order valence-corrected chi connectivity index (χ3v) is 5.13. The minimum Gasteiger partial charge on any atom is -0.493 e. The molecule has 3 rings (SSSR count). The number of likely N-dealkylation sites (tertiary alicyclic amines) is 1. The summed E-state index contributed by atoms with van der Waals surface area (Å²) in [5, 5.41) is 6.53. The largest absolute Gasteiger partial charge is 0.493 e. The van der Waals surface area contributed by atoms with Crippen LogP contribution in [0.15, 0.2) is 35.0 Å². The first kappa shape index (κ1) is 19.5. The number of allylic oxidation sites excluding steroid dienone is 1. The van der Waals surface area contributed by atoms with Gasteiger partial charge in [-0.05, 0) is 57.6 Å². The van der Waals surface area contributed by atoms with Gasteiger partial charge in [-0.25, -0.2) is 0 Å². The summed E-state index contributed by atoms with van der Waals surface area (Å²) in [5.41, 5.74) is 8.41. The Balaban J connectivity index is 1.80. The van der Waals surface area contributed by atoms with E-state index in [0.717, 1.165) is 30.2 Å². The zero-order valence-corrected chi connectivity index (χ0v) is 16.7. The molecule has 0 saturated carbocycles. The van der Waals surface area contributed by atoms with Crippen LogP contribution in [0.1, 0.15) is 25.3 Å². The molecule has 2 unspecified atom stereocenters. The molecule has 2 aliphatic heterocycles. The Labute approximate surface area is 161 Å². The molecule has 0 radical (unpaired) electrons. The van der Waals surface area contributed by atoms with Crippen LogP contribution < -0.4 is 25.8 Å². The van der Waals surface area contributed by atoms with Gasteiger partial charge in [0.05, 0.1) is 13.7 Å². The Morgan fingerprint density at radius 1 is 1.33 bits per heavy atom. The van der Waals surface area contributed by atoms with Gasteiger partial charge >= 0.3 is 0 Å². The second kappa shape index (κ2) is 8.19. The molecule has 1 aromatic carbocycles. The van der Waals surface area contributed by atoms with E-state index in [1.54, 1.807) is 14.2 Å². The van der Waals surface area contributed by atoms with Crippen LogP contribution in [0.2, 0.25) is 0 Å². The number of nitrogens with one attached hydrogen (secondary N) is 2. The van der Waals surface area contributed by atoms with Gasteiger partial charge in [0.2, 0.25) is 0 Å². The molecule has 7 nitrogen and oxygen atoms in total. The smallest absolute Gasteiger partial charge is 0.190 e. The van der Waals surface area contributed by atoms with Crippen LogP contribution in [-0.2, 0) is 5.79 Å². The number of ether oxygens (including phenoxy) is 2. The van der Waals surface area contributed by atoms with Gasteiger partial charge in [-0.2, -0.15) is 0 Å². The molecule has 1 aromatic rings. The summed E-state index contributed by atoms with van der Waals surface area (Å²) in [6.07, 6.45) is 4.33. The Bertz CT molecular complexity index is 733. The van der Waals surface area contributed by atoms with Crippen molar-refractivity contribution in [1.82, 2.24) is 15.5 Å². The van der Waals surface area contributed by atoms with Crippen LogP contribution in [0.4, 0.5) is 0 Å². The van der Waals surface area contributed by atoms with Crippen LogP contribution in [0.25, 0.3) is 0 Å². The van der Waals surface area contributed by atoms with E-state index in [9.17, 15) is 0 Å². The predicted octanol–water partition coefficient (Wildman–Crippen LogP) is 1.61. The first-order chi connectivity index (χ1) is 12.9. The van der Waals surface area contributed by atoms with Gasteiger partial charge < -0.3 is 25.0 Å². The van der Waals surface area contributed by atoms with Crippen LogP contribution in [0.3, 0.4) is 0 Å². The van der Waals surface area contributed by atoms with Gasteiger partial charge in [-0.3, -0.25) is 10.7 Å². The van der Waals surface area contributed by atoms with Crippen molar-refractivity contribution in [3.63, 3.8) is 0 Å². The lowest BCUT2D eigenvalue weighted by atomic mass is 9.99. The van der Waals surface area contributed by atoms with Gasteiger partial charge in [0.1, 0.15) is 5.84 Å². The van der Waals surface area contributed by atoms with E-state index in [1.165, 1.54) is 12.8 Å². The summed E-state index contributed by atoms with van der Waals surface area (Å²) in [6, 6.07) is 5.77. The molecule has 2 heterocycles. The third kappa shape index (κ3) is 4.54. The quantitative estimate of drug-likeness (QED) is 0.727. The average molecular weight is 374 g/mol. The van der Waals surface area contributed by atoms with Crippen LogP contribution in [0, 0.1) is 5.92 Å². The minimum absolute atomic E-state index is 0.527. The van der Waals surface area contributed by atoms with E-state index < -0.39 is 5.79 Å². The SMILES string of the molecule is CN=C1C=C(C)NC(N)(c2ccc(OC)c(OCC3CCCN(C)C3)c2)N1. The third-order valence-electron chi connectivity index (χ3n) is 5.13.